The van der Waals surface area contributed by atoms with Crippen LogP contribution in [0.3, 0.4) is 0 Å². The van der Waals surface area contributed by atoms with Gasteiger partial charge in [0.2, 0.25) is 12.2 Å². The molecular formula is C6H4F8N2. The molecule has 0 aromatic heterocycles. The third-order valence-corrected chi connectivity index (χ3v) is 1.72. The van der Waals surface area contributed by atoms with Crippen molar-refractivity contribution in [3.63, 3.8) is 0 Å². The normalized spacial score (nSPS) is 23.9. The van der Waals surface area contributed by atoms with Gasteiger partial charge < -0.3 is 0 Å². The Kier molecular flexibility index (Phi) is 3.05. The Hall–Kier alpha value is -1.06. The zero-order chi connectivity index (χ0) is 12.7. The second-order valence-electron chi connectivity index (χ2n) is 2.91. The first-order valence-electron chi connectivity index (χ1n) is 3.74. The first kappa shape index (κ1) is 13.0. The molecule has 1 atom stereocenters. The molecule has 0 amide bonds. The first-order chi connectivity index (χ1) is 7.06. The molecule has 1 rings (SSSR count). The van der Waals surface area contributed by atoms with Gasteiger partial charge in [0.1, 0.15) is 6.54 Å². The fourth-order valence-corrected chi connectivity index (χ4v) is 0.906. The van der Waals surface area contributed by atoms with Gasteiger partial charge in [0.05, 0.1) is 0 Å². The van der Waals surface area contributed by atoms with Crippen molar-refractivity contribution in [1.82, 2.24) is 10.2 Å². The van der Waals surface area contributed by atoms with Gasteiger partial charge in [-0.1, -0.05) is 0 Å². The van der Waals surface area contributed by atoms with Crippen LogP contribution < -0.4 is 0 Å². The Morgan fingerprint density at radius 3 is 2.00 bits per heavy atom. The van der Waals surface area contributed by atoms with Gasteiger partial charge in [-0.15, -0.1) is 4.48 Å². The Morgan fingerprint density at radius 1 is 1.19 bits per heavy atom. The number of hydrogen-bond donors (Lipinski definition) is 0. The highest BCUT2D eigenvalue weighted by Gasteiger charge is 2.59. The van der Waals surface area contributed by atoms with E-state index in [1.165, 1.54) is 0 Å². The van der Waals surface area contributed by atoms with E-state index in [0.29, 0.717) is 0 Å². The largest absolute Gasteiger partial charge is 0.455 e. The van der Waals surface area contributed by atoms with Gasteiger partial charge in [-0.25, -0.2) is 9.40 Å². The number of alkyl halides is 6. The Morgan fingerprint density at radius 2 is 1.69 bits per heavy atom. The molecule has 0 bridgehead atoms. The van der Waals surface area contributed by atoms with Crippen LogP contribution in [0.4, 0.5) is 35.2 Å². The standard InChI is InChI=1S/C6H4F8N2/c7-3-1-4(8)16(14)15(3)2-5(9,10)6(11,12)13/h1,4H,2H2. The highest BCUT2D eigenvalue weighted by atomic mass is 19.4. The van der Waals surface area contributed by atoms with E-state index in [0.717, 1.165) is 0 Å². The summed E-state index contributed by atoms with van der Waals surface area (Å²) in [5.74, 6) is -7.20. The highest BCUT2D eigenvalue weighted by Crippen LogP contribution is 2.38. The second kappa shape index (κ2) is 3.75. The fraction of sp³-hybridized carbons (Fsp3) is 0.667. The van der Waals surface area contributed by atoms with E-state index in [1.807, 2.05) is 0 Å². The lowest BCUT2D eigenvalue weighted by Crippen LogP contribution is -2.49. The Balaban J connectivity index is 2.80. The Bertz CT molecular complexity index is 297. The lowest BCUT2D eigenvalue weighted by molar-refractivity contribution is -0.307. The zero-order valence-corrected chi connectivity index (χ0v) is 7.28. The molecule has 0 saturated carbocycles. The summed E-state index contributed by atoms with van der Waals surface area (Å²) in [6.45, 7) is -2.37. The van der Waals surface area contributed by atoms with Gasteiger partial charge in [0, 0.05) is 6.08 Å². The molecule has 1 aliphatic rings. The van der Waals surface area contributed by atoms with E-state index in [2.05, 4.69) is 0 Å². The molecule has 0 aromatic carbocycles. The molecule has 1 aliphatic heterocycles. The molecule has 1 heterocycles. The summed E-state index contributed by atoms with van der Waals surface area (Å²) >= 11 is 0. The SMILES string of the molecule is FC1=CC(F)N(F)N1CC(F)(F)C(F)(F)F. The average molecular weight is 256 g/mol. The summed E-state index contributed by atoms with van der Waals surface area (Å²) in [4.78, 5) is 0. The molecule has 94 valence electrons. The van der Waals surface area contributed by atoms with E-state index in [4.69, 9.17) is 0 Å². The quantitative estimate of drug-likeness (QED) is 0.426. The van der Waals surface area contributed by atoms with Crippen molar-refractivity contribution in [1.29, 1.82) is 0 Å². The monoisotopic (exact) mass is 256 g/mol. The van der Waals surface area contributed by atoms with Gasteiger partial charge in [-0.05, 0) is 5.23 Å². The summed E-state index contributed by atoms with van der Waals surface area (Å²) in [5.41, 5.74) is 0. The lowest BCUT2D eigenvalue weighted by atomic mass is 10.3. The van der Waals surface area contributed by atoms with Crippen molar-refractivity contribution in [3.8, 4) is 0 Å². The molecule has 16 heavy (non-hydrogen) atoms. The van der Waals surface area contributed by atoms with Gasteiger partial charge in [-0.2, -0.15) is 26.3 Å². The molecule has 0 aliphatic carbocycles. The molecule has 0 fully saturated rings. The van der Waals surface area contributed by atoms with E-state index in [9.17, 15) is 35.2 Å². The van der Waals surface area contributed by atoms with Crippen LogP contribution in [0.2, 0.25) is 0 Å². The van der Waals surface area contributed by atoms with Crippen molar-refractivity contribution < 1.29 is 35.2 Å². The maximum absolute atomic E-state index is 12.6. The van der Waals surface area contributed by atoms with Crippen LogP contribution in [0.15, 0.2) is 12.0 Å². The van der Waals surface area contributed by atoms with Gasteiger partial charge in [0.25, 0.3) is 0 Å². The van der Waals surface area contributed by atoms with Crippen LogP contribution in [0.1, 0.15) is 0 Å². The van der Waals surface area contributed by atoms with Crippen LogP contribution in [0, 0.1) is 0 Å². The molecule has 0 N–H and O–H groups in total. The summed E-state index contributed by atoms with van der Waals surface area (Å²) in [5, 5.41) is -1.95. The molecule has 0 radical (unpaired) electrons. The molecule has 10 heteroatoms. The predicted molar refractivity (Wildman–Crippen MR) is 34.7 cm³/mol. The van der Waals surface area contributed by atoms with Crippen molar-refractivity contribution >= 4 is 0 Å². The van der Waals surface area contributed by atoms with E-state index < -0.39 is 41.1 Å². The average Bonchev–Trinajstić information content (AvgIpc) is 2.30. The van der Waals surface area contributed by atoms with Crippen molar-refractivity contribution in [3.05, 3.63) is 12.0 Å². The van der Waals surface area contributed by atoms with Gasteiger partial charge in [0.15, 0.2) is 0 Å². The van der Waals surface area contributed by atoms with Gasteiger partial charge in [-0.3, -0.25) is 0 Å². The number of rotatable bonds is 2. The smallest absolute Gasteiger partial charge is 0.245 e. The minimum Gasteiger partial charge on any atom is -0.245 e. The van der Waals surface area contributed by atoms with Gasteiger partial charge >= 0.3 is 12.1 Å². The molecule has 0 aromatic rings. The molecule has 0 spiro atoms. The molecule has 2 nitrogen and oxygen atoms in total. The number of hydrogen-bond acceptors (Lipinski definition) is 2. The van der Waals surface area contributed by atoms with Crippen LogP contribution in [-0.4, -0.2) is 35.2 Å². The number of nitrogens with zero attached hydrogens (tertiary/aromatic N) is 2. The number of hydrazine groups is 1. The summed E-state index contributed by atoms with van der Waals surface area (Å²) in [6, 6.07) is 0. The summed E-state index contributed by atoms with van der Waals surface area (Å²) in [6.07, 6.45) is -8.77. The maximum atomic E-state index is 12.6. The third kappa shape index (κ3) is 2.20. The minimum absolute atomic E-state index is 0.0769. The lowest BCUT2D eigenvalue weighted by Gasteiger charge is -2.28. The Labute approximate surface area is 83.6 Å². The highest BCUT2D eigenvalue weighted by molar-refractivity contribution is 5.02. The molecule has 1 unspecified atom stereocenters. The van der Waals surface area contributed by atoms with Crippen LogP contribution in [0.25, 0.3) is 0 Å². The topological polar surface area (TPSA) is 6.48 Å². The van der Waals surface area contributed by atoms with E-state index in [1.54, 1.807) is 0 Å². The first-order valence-corrected chi connectivity index (χ1v) is 3.74. The van der Waals surface area contributed by atoms with Crippen LogP contribution in [-0.2, 0) is 0 Å². The minimum atomic E-state index is -5.97. The second-order valence-corrected chi connectivity index (χ2v) is 2.91. The van der Waals surface area contributed by atoms with E-state index >= 15 is 0 Å². The van der Waals surface area contributed by atoms with Crippen molar-refractivity contribution in [2.24, 2.45) is 0 Å². The van der Waals surface area contributed by atoms with Crippen LogP contribution in [0.5, 0.6) is 0 Å². The maximum Gasteiger partial charge on any atom is 0.455 e. The number of halogens is 8. The van der Waals surface area contributed by atoms with Crippen molar-refractivity contribution in [2.45, 2.75) is 18.4 Å². The fourth-order valence-electron chi connectivity index (χ4n) is 0.906. The summed E-state index contributed by atoms with van der Waals surface area (Å²) < 4.78 is 97.3. The predicted octanol–water partition coefficient (Wildman–Crippen LogP) is 2.71. The van der Waals surface area contributed by atoms with E-state index in [-0.39, 0.29) is 6.08 Å². The van der Waals surface area contributed by atoms with Crippen LogP contribution >= 0.6 is 0 Å². The summed E-state index contributed by atoms with van der Waals surface area (Å²) in [7, 11) is 0. The molecular weight excluding hydrogens is 252 g/mol. The molecule has 0 saturated heterocycles. The zero-order valence-electron chi connectivity index (χ0n) is 7.28. The van der Waals surface area contributed by atoms with Crippen molar-refractivity contribution in [2.75, 3.05) is 6.54 Å². The third-order valence-electron chi connectivity index (χ3n) is 1.72.